The molecule has 2 rings (SSSR count). The van der Waals surface area contributed by atoms with Crippen LogP contribution in [0.3, 0.4) is 0 Å². The number of nitro benzene ring substituents is 1. The summed E-state index contributed by atoms with van der Waals surface area (Å²) in [5.74, 6) is 1.23. The summed E-state index contributed by atoms with van der Waals surface area (Å²) in [6.45, 7) is 1.85. The molecule has 2 aromatic rings. The van der Waals surface area contributed by atoms with E-state index in [-0.39, 0.29) is 12.3 Å². The lowest BCUT2D eigenvalue weighted by Crippen LogP contribution is -2.02. The van der Waals surface area contributed by atoms with Gasteiger partial charge < -0.3 is 10.1 Å². The number of ether oxygens (including phenoxy) is 1. The number of nitro groups is 1. The van der Waals surface area contributed by atoms with E-state index in [1.54, 1.807) is 38.2 Å². The van der Waals surface area contributed by atoms with Crippen molar-refractivity contribution < 1.29 is 9.66 Å². The normalized spacial score (nSPS) is 10.2. The molecule has 1 heterocycles. The van der Waals surface area contributed by atoms with E-state index in [1.807, 2.05) is 0 Å². The van der Waals surface area contributed by atoms with Crippen LogP contribution in [-0.4, -0.2) is 17.0 Å². The SMILES string of the molecule is CNc1ccc(Cl)c(COc2ccc([N+](=O)[O-])c(C)c2)n1. The van der Waals surface area contributed by atoms with E-state index in [0.717, 1.165) is 0 Å². The Balaban J connectivity index is 2.13. The first-order chi connectivity index (χ1) is 10.0. The average Bonchev–Trinajstić information content (AvgIpc) is 2.46. The summed E-state index contributed by atoms with van der Waals surface area (Å²) >= 11 is 6.06. The lowest BCUT2D eigenvalue weighted by Gasteiger charge is -2.09. The molecule has 0 fully saturated rings. The molecule has 0 radical (unpaired) electrons. The van der Waals surface area contributed by atoms with E-state index < -0.39 is 4.92 Å². The van der Waals surface area contributed by atoms with Crippen LogP contribution in [0.4, 0.5) is 11.5 Å². The van der Waals surface area contributed by atoms with Gasteiger partial charge in [-0.3, -0.25) is 10.1 Å². The Bertz CT molecular complexity index is 677. The van der Waals surface area contributed by atoms with Gasteiger partial charge in [-0.15, -0.1) is 0 Å². The highest BCUT2D eigenvalue weighted by molar-refractivity contribution is 6.31. The highest BCUT2D eigenvalue weighted by Crippen LogP contribution is 2.24. The standard InChI is InChI=1S/C14H14ClN3O3/c1-9-7-10(3-5-13(9)18(19)20)21-8-12-11(15)4-6-14(16-2)17-12/h3-7H,8H2,1-2H3,(H,16,17). The van der Waals surface area contributed by atoms with Crippen LogP contribution in [0.5, 0.6) is 5.75 Å². The summed E-state index contributed by atoms with van der Waals surface area (Å²) in [4.78, 5) is 14.6. The van der Waals surface area contributed by atoms with Crippen molar-refractivity contribution in [1.82, 2.24) is 4.98 Å². The maximum absolute atomic E-state index is 10.8. The maximum atomic E-state index is 10.8. The fourth-order valence-corrected chi connectivity index (χ4v) is 1.96. The van der Waals surface area contributed by atoms with Crippen molar-refractivity contribution in [3.8, 4) is 5.75 Å². The van der Waals surface area contributed by atoms with Gasteiger partial charge in [-0.05, 0) is 31.2 Å². The molecule has 21 heavy (non-hydrogen) atoms. The maximum Gasteiger partial charge on any atom is 0.272 e. The van der Waals surface area contributed by atoms with E-state index >= 15 is 0 Å². The minimum absolute atomic E-state index is 0.0655. The minimum atomic E-state index is -0.423. The van der Waals surface area contributed by atoms with Crippen molar-refractivity contribution in [2.75, 3.05) is 12.4 Å². The van der Waals surface area contributed by atoms with Crippen LogP contribution in [0, 0.1) is 17.0 Å². The Hall–Kier alpha value is -2.34. The molecule has 0 spiro atoms. The minimum Gasteiger partial charge on any atom is -0.487 e. The molecular formula is C14H14ClN3O3. The Morgan fingerprint density at radius 3 is 2.76 bits per heavy atom. The predicted octanol–water partition coefficient (Wildman–Crippen LogP) is 3.57. The van der Waals surface area contributed by atoms with Crippen LogP contribution >= 0.6 is 11.6 Å². The molecule has 0 aliphatic rings. The molecule has 110 valence electrons. The number of nitrogens with one attached hydrogen (secondary N) is 1. The lowest BCUT2D eigenvalue weighted by atomic mass is 10.2. The zero-order valence-corrected chi connectivity index (χ0v) is 12.3. The van der Waals surface area contributed by atoms with Gasteiger partial charge >= 0.3 is 0 Å². The summed E-state index contributed by atoms with van der Waals surface area (Å²) in [7, 11) is 1.76. The van der Waals surface area contributed by atoms with Crippen molar-refractivity contribution >= 4 is 23.1 Å². The Morgan fingerprint density at radius 1 is 1.38 bits per heavy atom. The van der Waals surface area contributed by atoms with Gasteiger partial charge in [0.2, 0.25) is 0 Å². The number of pyridine rings is 1. The molecule has 1 aromatic carbocycles. The van der Waals surface area contributed by atoms with Crippen molar-refractivity contribution in [2.45, 2.75) is 13.5 Å². The zero-order chi connectivity index (χ0) is 15.4. The largest absolute Gasteiger partial charge is 0.487 e. The molecule has 0 saturated heterocycles. The van der Waals surface area contributed by atoms with Crippen LogP contribution in [0.1, 0.15) is 11.3 Å². The van der Waals surface area contributed by atoms with Crippen molar-refractivity contribution in [2.24, 2.45) is 0 Å². The first-order valence-corrected chi connectivity index (χ1v) is 6.60. The third-order valence-corrected chi connectivity index (χ3v) is 3.26. The Kier molecular flexibility index (Phi) is 4.59. The molecule has 7 heteroatoms. The molecule has 0 unspecified atom stereocenters. The fraction of sp³-hybridized carbons (Fsp3) is 0.214. The van der Waals surface area contributed by atoms with E-state index in [2.05, 4.69) is 10.3 Å². The number of hydrogen-bond donors (Lipinski definition) is 1. The van der Waals surface area contributed by atoms with Crippen LogP contribution in [0.2, 0.25) is 5.02 Å². The van der Waals surface area contributed by atoms with Gasteiger partial charge in [-0.25, -0.2) is 4.98 Å². The lowest BCUT2D eigenvalue weighted by molar-refractivity contribution is -0.385. The summed E-state index contributed by atoms with van der Waals surface area (Å²) in [5.41, 5.74) is 1.20. The highest BCUT2D eigenvalue weighted by Gasteiger charge is 2.11. The zero-order valence-electron chi connectivity index (χ0n) is 11.6. The molecule has 0 saturated carbocycles. The monoisotopic (exact) mass is 307 g/mol. The van der Waals surface area contributed by atoms with Gasteiger partial charge in [0.05, 0.1) is 15.6 Å². The number of hydrogen-bond acceptors (Lipinski definition) is 5. The van der Waals surface area contributed by atoms with Gasteiger partial charge in [0.25, 0.3) is 5.69 Å². The third kappa shape index (κ3) is 3.61. The summed E-state index contributed by atoms with van der Waals surface area (Å²) in [5, 5.41) is 14.2. The first-order valence-electron chi connectivity index (χ1n) is 6.22. The van der Waals surface area contributed by atoms with Crippen LogP contribution < -0.4 is 10.1 Å². The number of benzene rings is 1. The molecule has 0 bridgehead atoms. The number of aromatic nitrogens is 1. The topological polar surface area (TPSA) is 77.3 Å². The molecule has 0 amide bonds. The molecule has 1 aromatic heterocycles. The predicted molar refractivity (Wildman–Crippen MR) is 81.0 cm³/mol. The van der Waals surface area contributed by atoms with E-state index in [4.69, 9.17) is 16.3 Å². The number of aryl methyl sites for hydroxylation is 1. The third-order valence-electron chi connectivity index (χ3n) is 2.92. The van der Waals surface area contributed by atoms with Gasteiger partial charge in [-0.1, -0.05) is 11.6 Å². The van der Waals surface area contributed by atoms with E-state index in [0.29, 0.717) is 27.8 Å². The van der Waals surface area contributed by atoms with Gasteiger partial charge in [-0.2, -0.15) is 0 Å². The Morgan fingerprint density at radius 2 is 2.14 bits per heavy atom. The van der Waals surface area contributed by atoms with E-state index in [9.17, 15) is 10.1 Å². The van der Waals surface area contributed by atoms with Gasteiger partial charge in [0.15, 0.2) is 0 Å². The van der Waals surface area contributed by atoms with Crippen LogP contribution in [0.25, 0.3) is 0 Å². The van der Waals surface area contributed by atoms with Gasteiger partial charge in [0, 0.05) is 18.7 Å². The summed E-state index contributed by atoms with van der Waals surface area (Å²) in [6.07, 6.45) is 0. The molecule has 6 nitrogen and oxygen atoms in total. The second kappa shape index (κ2) is 6.41. The number of halogens is 1. The average molecular weight is 308 g/mol. The van der Waals surface area contributed by atoms with E-state index in [1.165, 1.54) is 6.07 Å². The number of anilines is 1. The molecule has 0 aliphatic heterocycles. The van der Waals surface area contributed by atoms with Crippen LogP contribution in [0.15, 0.2) is 30.3 Å². The molecule has 0 aliphatic carbocycles. The highest BCUT2D eigenvalue weighted by atomic mass is 35.5. The van der Waals surface area contributed by atoms with Crippen molar-refractivity contribution in [3.63, 3.8) is 0 Å². The van der Waals surface area contributed by atoms with Crippen molar-refractivity contribution in [1.29, 1.82) is 0 Å². The fourth-order valence-electron chi connectivity index (χ4n) is 1.80. The molecule has 1 N–H and O–H groups in total. The smallest absolute Gasteiger partial charge is 0.272 e. The van der Waals surface area contributed by atoms with Crippen molar-refractivity contribution in [3.05, 3.63) is 56.7 Å². The molecular weight excluding hydrogens is 294 g/mol. The summed E-state index contributed by atoms with van der Waals surface area (Å²) in [6, 6.07) is 8.10. The van der Waals surface area contributed by atoms with Crippen LogP contribution in [-0.2, 0) is 6.61 Å². The second-order valence-electron chi connectivity index (χ2n) is 4.37. The second-order valence-corrected chi connectivity index (χ2v) is 4.78. The quantitative estimate of drug-likeness (QED) is 0.675. The first kappa shape index (κ1) is 15.1. The van der Waals surface area contributed by atoms with Gasteiger partial charge in [0.1, 0.15) is 18.2 Å². The number of rotatable bonds is 5. The molecule has 0 atom stereocenters. The Labute approximate surface area is 126 Å². The summed E-state index contributed by atoms with van der Waals surface area (Å²) < 4.78 is 5.59. The number of nitrogens with zero attached hydrogens (tertiary/aromatic N) is 2.